The molecule has 3 aliphatic heterocycles. The van der Waals surface area contributed by atoms with E-state index in [-0.39, 0.29) is 6.04 Å². The van der Waals surface area contributed by atoms with Crippen LogP contribution in [0.1, 0.15) is 36.4 Å². The Morgan fingerprint density at radius 1 is 1.14 bits per heavy atom. The molecule has 1 aromatic rings. The van der Waals surface area contributed by atoms with Gasteiger partial charge < -0.3 is 4.74 Å². The fraction of sp³-hybridized carbons (Fsp3) is 0.684. The molecule has 0 aromatic heterocycles. The van der Waals surface area contributed by atoms with Crippen molar-refractivity contribution in [2.75, 3.05) is 39.3 Å². The van der Waals surface area contributed by atoms with Crippen molar-refractivity contribution >= 4 is 20.1 Å². The number of nitrogens with zero attached hydrogens (tertiary/aromatic N) is 2. The van der Waals surface area contributed by atoms with Crippen molar-refractivity contribution in [2.24, 2.45) is 5.92 Å². The zero-order valence-corrected chi connectivity index (χ0v) is 18.7. The summed E-state index contributed by atoms with van der Waals surface area (Å²) in [5, 5.41) is 0. The molecule has 29 heavy (non-hydrogen) atoms. The van der Waals surface area contributed by atoms with E-state index in [4.69, 9.17) is 9.29 Å². The van der Waals surface area contributed by atoms with Crippen molar-refractivity contribution in [1.82, 2.24) is 9.21 Å². The molecule has 3 atom stereocenters. The highest BCUT2D eigenvalue weighted by Gasteiger charge is 2.44. The molecule has 0 saturated carbocycles. The van der Waals surface area contributed by atoms with Crippen LogP contribution in [0.2, 0.25) is 0 Å². The first-order valence-electron chi connectivity index (χ1n) is 9.77. The predicted octanol–water partition coefficient (Wildman–Crippen LogP) is 1.54. The maximum Gasteiger partial charge on any atom is 0.261 e. The van der Waals surface area contributed by atoms with Gasteiger partial charge in [-0.1, -0.05) is 6.07 Å². The smallest absolute Gasteiger partial charge is 0.261 e. The number of benzene rings is 1. The van der Waals surface area contributed by atoms with Crippen molar-refractivity contribution in [3.63, 3.8) is 0 Å². The molecule has 2 fully saturated rings. The number of sulfonamides is 1. The summed E-state index contributed by atoms with van der Waals surface area (Å²) in [6, 6.07) is 6.85. The van der Waals surface area contributed by atoms with Crippen molar-refractivity contribution in [3.05, 3.63) is 29.3 Å². The van der Waals surface area contributed by atoms with Gasteiger partial charge in [0.15, 0.2) is 0 Å². The molecular weight excluding hydrogens is 416 g/mol. The third-order valence-electron chi connectivity index (χ3n) is 6.05. The Balaban J connectivity index is 0.000000431. The predicted molar refractivity (Wildman–Crippen MR) is 111 cm³/mol. The number of rotatable bonds is 2. The first-order valence-corrected chi connectivity index (χ1v) is 13.5. The van der Waals surface area contributed by atoms with Crippen LogP contribution in [-0.4, -0.2) is 75.9 Å². The second-order valence-electron chi connectivity index (χ2n) is 8.14. The molecule has 3 heterocycles. The van der Waals surface area contributed by atoms with Crippen molar-refractivity contribution in [3.8, 4) is 5.75 Å². The largest absolute Gasteiger partial charge is 0.497 e. The van der Waals surface area contributed by atoms with Crippen LogP contribution in [0.3, 0.4) is 0 Å². The Labute approximate surface area is 173 Å². The SMILES string of the molecule is COc1ccc2c(c1)CCN1C[C@H]3CCCN(S(C)(=O)=O)[C@H]3C[C@@H]21.CS(=O)(=O)O. The van der Waals surface area contributed by atoms with Gasteiger partial charge in [0.2, 0.25) is 10.0 Å². The molecular formula is C19H30N2O6S2. The lowest BCUT2D eigenvalue weighted by atomic mass is 9.77. The Kier molecular flexibility index (Phi) is 6.59. The molecule has 3 aliphatic rings. The molecule has 0 aliphatic carbocycles. The lowest BCUT2D eigenvalue weighted by Crippen LogP contribution is -2.57. The molecule has 164 valence electrons. The van der Waals surface area contributed by atoms with Crippen LogP contribution in [-0.2, 0) is 26.6 Å². The molecule has 0 spiro atoms. The van der Waals surface area contributed by atoms with E-state index in [1.807, 2.05) is 6.07 Å². The van der Waals surface area contributed by atoms with Gasteiger partial charge >= 0.3 is 0 Å². The van der Waals surface area contributed by atoms with E-state index in [2.05, 4.69) is 17.0 Å². The maximum absolute atomic E-state index is 12.2. The third kappa shape index (κ3) is 5.49. The van der Waals surface area contributed by atoms with Gasteiger partial charge in [0, 0.05) is 31.7 Å². The molecule has 0 radical (unpaired) electrons. The highest BCUT2D eigenvalue weighted by molar-refractivity contribution is 7.88. The Hall–Kier alpha value is -1.20. The first-order chi connectivity index (χ1) is 13.5. The topological polar surface area (TPSA) is 104 Å². The van der Waals surface area contributed by atoms with Crippen LogP contribution in [0, 0.1) is 5.92 Å². The Morgan fingerprint density at radius 2 is 1.83 bits per heavy atom. The zero-order valence-electron chi connectivity index (χ0n) is 17.1. The molecule has 8 nitrogen and oxygen atoms in total. The second-order valence-corrected chi connectivity index (χ2v) is 11.5. The first kappa shape index (κ1) is 22.5. The fourth-order valence-corrected chi connectivity index (χ4v) is 6.14. The number of hydrogen-bond donors (Lipinski definition) is 1. The average molecular weight is 447 g/mol. The molecule has 1 N–H and O–H groups in total. The van der Waals surface area contributed by atoms with E-state index in [0.717, 1.165) is 44.5 Å². The second kappa shape index (κ2) is 8.50. The molecule has 0 amide bonds. The summed E-state index contributed by atoms with van der Waals surface area (Å²) in [6.07, 6.45) is 6.18. The van der Waals surface area contributed by atoms with Crippen LogP contribution < -0.4 is 4.74 Å². The molecule has 0 unspecified atom stereocenters. The summed E-state index contributed by atoms with van der Waals surface area (Å²) in [5.41, 5.74) is 2.72. The normalized spacial score (nSPS) is 27.7. The Bertz CT molecular complexity index is 939. The standard InChI is InChI=1S/C18H26N2O3S.CH4O3S/c1-23-15-5-6-16-13(10-15)7-9-19-12-14-4-3-8-20(24(2,21)22)17(14)11-18(16)19;1-5(2,3)4/h5-6,10,14,17-18H,3-4,7-9,11-12H2,1-2H3;1H3,(H,2,3,4)/t14-,17+,18+;/m1./s1. The van der Waals surface area contributed by atoms with Gasteiger partial charge in [-0.05, 0) is 54.9 Å². The van der Waals surface area contributed by atoms with E-state index >= 15 is 0 Å². The number of ether oxygens (including phenoxy) is 1. The highest BCUT2D eigenvalue weighted by atomic mass is 32.2. The lowest BCUT2D eigenvalue weighted by Gasteiger charge is -2.51. The fourth-order valence-electron chi connectivity index (χ4n) is 4.93. The zero-order chi connectivity index (χ0) is 21.4. The minimum atomic E-state index is -3.67. The highest BCUT2D eigenvalue weighted by Crippen LogP contribution is 2.43. The van der Waals surface area contributed by atoms with Crippen LogP contribution in [0.25, 0.3) is 0 Å². The van der Waals surface area contributed by atoms with E-state index in [1.165, 1.54) is 17.4 Å². The lowest BCUT2D eigenvalue weighted by molar-refractivity contribution is 0.0222. The molecule has 0 bridgehead atoms. The minimum Gasteiger partial charge on any atom is -0.497 e. The van der Waals surface area contributed by atoms with Crippen molar-refractivity contribution in [1.29, 1.82) is 0 Å². The van der Waals surface area contributed by atoms with E-state index in [9.17, 15) is 16.8 Å². The summed E-state index contributed by atoms with van der Waals surface area (Å²) in [7, 11) is -5.09. The molecule has 10 heteroatoms. The summed E-state index contributed by atoms with van der Waals surface area (Å²) >= 11 is 0. The van der Waals surface area contributed by atoms with Crippen LogP contribution in [0.4, 0.5) is 0 Å². The van der Waals surface area contributed by atoms with Gasteiger partial charge in [-0.3, -0.25) is 9.45 Å². The van der Waals surface area contributed by atoms with E-state index in [0.29, 0.717) is 24.8 Å². The molecule has 2 saturated heterocycles. The van der Waals surface area contributed by atoms with Crippen LogP contribution in [0.15, 0.2) is 18.2 Å². The van der Waals surface area contributed by atoms with Gasteiger partial charge in [-0.15, -0.1) is 0 Å². The number of hydrogen-bond acceptors (Lipinski definition) is 6. The number of fused-ring (bicyclic) bond motifs is 4. The van der Waals surface area contributed by atoms with E-state index < -0.39 is 20.1 Å². The average Bonchev–Trinajstić information content (AvgIpc) is 2.63. The van der Waals surface area contributed by atoms with Crippen LogP contribution in [0.5, 0.6) is 5.75 Å². The van der Waals surface area contributed by atoms with Crippen LogP contribution >= 0.6 is 0 Å². The van der Waals surface area contributed by atoms with Gasteiger partial charge in [-0.2, -0.15) is 12.7 Å². The maximum atomic E-state index is 12.2. The van der Waals surface area contributed by atoms with Gasteiger partial charge in [0.25, 0.3) is 10.1 Å². The van der Waals surface area contributed by atoms with Gasteiger partial charge in [-0.25, -0.2) is 8.42 Å². The quantitative estimate of drug-likeness (QED) is 0.687. The monoisotopic (exact) mass is 446 g/mol. The van der Waals surface area contributed by atoms with Gasteiger partial charge in [0.1, 0.15) is 5.75 Å². The molecule has 1 aromatic carbocycles. The van der Waals surface area contributed by atoms with Crippen molar-refractivity contribution < 1.29 is 26.1 Å². The minimum absolute atomic E-state index is 0.156. The summed E-state index contributed by atoms with van der Waals surface area (Å²) < 4.78 is 57.5. The molecule has 4 rings (SSSR count). The number of piperidine rings is 2. The summed E-state index contributed by atoms with van der Waals surface area (Å²) in [4.78, 5) is 2.57. The summed E-state index contributed by atoms with van der Waals surface area (Å²) in [5.74, 6) is 1.39. The number of methoxy groups -OCH3 is 1. The third-order valence-corrected chi connectivity index (χ3v) is 7.35. The Morgan fingerprint density at radius 3 is 2.45 bits per heavy atom. The van der Waals surface area contributed by atoms with Crippen molar-refractivity contribution in [2.45, 2.75) is 37.8 Å². The van der Waals surface area contributed by atoms with E-state index in [1.54, 1.807) is 11.4 Å². The summed E-state index contributed by atoms with van der Waals surface area (Å²) in [6.45, 7) is 2.77. The van der Waals surface area contributed by atoms with Gasteiger partial charge in [0.05, 0.1) is 19.6 Å².